The molecule has 150 valence electrons. The van der Waals surface area contributed by atoms with Gasteiger partial charge >= 0.3 is 6.18 Å². The van der Waals surface area contributed by atoms with Crippen LogP contribution >= 0.6 is 0 Å². The first-order valence-electron chi connectivity index (χ1n) is 9.12. The number of hydrogen-bond donors (Lipinski definition) is 0. The molecule has 0 saturated heterocycles. The minimum absolute atomic E-state index is 0.0177. The topological polar surface area (TPSA) is 86.9 Å². The fourth-order valence-corrected chi connectivity index (χ4v) is 3.85. The van der Waals surface area contributed by atoms with Crippen LogP contribution in [-0.2, 0) is 25.6 Å². The standard InChI is InChI=1S/C18H16F3N7O/c1-9-6-10(2)28-17(23-9)12(7-22-28)16-24-14(29-26-16)8-27-13-5-3-4-11(13)15(25-27)18(19,20)21/h6-7H,3-5,8H2,1-2H3. The van der Waals surface area contributed by atoms with Crippen LogP contribution in [0.25, 0.3) is 17.0 Å². The van der Waals surface area contributed by atoms with E-state index < -0.39 is 11.9 Å². The van der Waals surface area contributed by atoms with E-state index in [1.807, 2.05) is 19.9 Å². The van der Waals surface area contributed by atoms with Gasteiger partial charge in [0.15, 0.2) is 11.3 Å². The third-order valence-corrected chi connectivity index (χ3v) is 5.05. The Morgan fingerprint density at radius 2 is 2.00 bits per heavy atom. The highest BCUT2D eigenvalue weighted by Gasteiger charge is 2.40. The summed E-state index contributed by atoms with van der Waals surface area (Å²) >= 11 is 0. The number of fused-ring (bicyclic) bond motifs is 2. The Labute approximate surface area is 162 Å². The van der Waals surface area contributed by atoms with Crippen molar-refractivity contribution in [1.29, 1.82) is 0 Å². The lowest BCUT2D eigenvalue weighted by molar-refractivity contribution is -0.142. The molecule has 4 aromatic rings. The lowest BCUT2D eigenvalue weighted by Crippen LogP contribution is -2.11. The van der Waals surface area contributed by atoms with E-state index in [9.17, 15) is 13.2 Å². The SMILES string of the molecule is Cc1cc(C)n2ncc(-c3noc(Cn4nc(C(F)(F)F)c5c4CCC5)n3)c2n1. The molecular weight excluding hydrogens is 387 g/mol. The predicted molar refractivity (Wildman–Crippen MR) is 94.1 cm³/mol. The van der Waals surface area contributed by atoms with Crippen molar-refractivity contribution in [3.8, 4) is 11.4 Å². The van der Waals surface area contributed by atoms with Gasteiger partial charge in [0, 0.05) is 22.6 Å². The monoisotopic (exact) mass is 403 g/mol. The summed E-state index contributed by atoms with van der Waals surface area (Å²) in [5, 5.41) is 12.0. The van der Waals surface area contributed by atoms with E-state index in [-0.39, 0.29) is 23.8 Å². The molecule has 0 N–H and O–H groups in total. The molecule has 4 aromatic heterocycles. The molecule has 4 heterocycles. The zero-order chi connectivity index (χ0) is 20.3. The van der Waals surface area contributed by atoms with Gasteiger partial charge < -0.3 is 4.52 Å². The van der Waals surface area contributed by atoms with Gasteiger partial charge in [0.05, 0.1) is 11.8 Å². The summed E-state index contributed by atoms with van der Waals surface area (Å²) in [6.07, 6.45) is -1.27. The fraction of sp³-hybridized carbons (Fsp3) is 0.389. The average Bonchev–Trinajstić information content (AvgIpc) is 3.38. The lowest BCUT2D eigenvalue weighted by atomic mass is 10.2. The van der Waals surface area contributed by atoms with E-state index >= 15 is 0 Å². The molecule has 0 radical (unpaired) electrons. The summed E-state index contributed by atoms with van der Waals surface area (Å²) in [4.78, 5) is 8.82. The lowest BCUT2D eigenvalue weighted by Gasteiger charge is -2.04. The van der Waals surface area contributed by atoms with E-state index in [2.05, 4.69) is 25.3 Å². The van der Waals surface area contributed by atoms with E-state index in [1.54, 1.807) is 10.7 Å². The van der Waals surface area contributed by atoms with E-state index in [1.165, 1.54) is 4.68 Å². The van der Waals surface area contributed by atoms with Gasteiger partial charge in [-0.15, -0.1) is 0 Å². The first kappa shape index (κ1) is 17.8. The third-order valence-electron chi connectivity index (χ3n) is 5.05. The highest BCUT2D eigenvalue weighted by molar-refractivity contribution is 5.72. The van der Waals surface area contributed by atoms with Crippen LogP contribution in [0.3, 0.4) is 0 Å². The Hall–Kier alpha value is -3.24. The number of nitrogens with zero attached hydrogens (tertiary/aromatic N) is 7. The highest BCUT2D eigenvalue weighted by atomic mass is 19.4. The van der Waals surface area contributed by atoms with Crippen LogP contribution in [0.5, 0.6) is 0 Å². The molecule has 8 nitrogen and oxygen atoms in total. The summed E-state index contributed by atoms with van der Waals surface area (Å²) in [5.74, 6) is 0.460. The molecule has 1 aliphatic rings. The molecular formula is C18H16F3N7O. The van der Waals surface area contributed by atoms with Crippen molar-refractivity contribution < 1.29 is 17.7 Å². The molecule has 0 bridgehead atoms. The predicted octanol–water partition coefficient (Wildman–Crippen LogP) is 3.15. The largest absolute Gasteiger partial charge is 0.435 e. The van der Waals surface area contributed by atoms with Crippen molar-refractivity contribution >= 4 is 5.65 Å². The van der Waals surface area contributed by atoms with Gasteiger partial charge in [-0.2, -0.15) is 28.4 Å². The van der Waals surface area contributed by atoms with Crippen LogP contribution in [0.1, 0.15) is 40.7 Å². The maximum absolute atomic E-state index is 13.3. The summed E-state index contributed by atoms with van der Waals surface area (Å²) in [7, 11) is 0. The quantitative estimate of drug-likeness (QED) is 0.522. The molecule has 29 heavy (non-hydrogen) atoms. The molecule has 0 amide bonds. The van der Waals surface area contributed by atoms with Crippen LogP contribution in [0.4, 0.5) is 13.2 Å². The number of rotatable bonds is 3. The second-order valence-electron chi connectivity index (χ2n) is 7.13. The molecule has 11 heteroatoms. The second kappa shape index (κ2) is 6.13. The van der Waals surface area contributed by atoms with E-state index in [0.29, 0.717) is 36.2 Å². The molecule has 0 spiro atoms. The molecule has 0 saturated carbocycles. The Morgan fingerprint density at radius 3 is 2.79 bits per heavy atom. The van der Waals surface area contributed by atoms with Crippen molar-refractivity contribution in [3.05, 3.63) is 46.5 Å². The Morgan fingerprint density at radius 1 is 1.17 bits per heavy atom. The number of alkyl halides is 3. The molecule has 0 fully saturated rings. The number of hydrogen-bond acceptors (Lipinski definition) is 6. The first-order valence-corrected chi connectivity index (χ1v) is 9.12. The van der Waals surface area contributed by atoms with Crippen molar-refractivity contribution in [3.63, 3.8) is 0 Å². The van der Waals surface area contributed by atoms with Crippen molar-refractivity contribution in [2.45, 2.75) is 45.8 Å². The van der Waals surface area contributed by atoms with Crippen LogP contribution in [-0.4, -0.2) is 34.5 Å². The van der Waals surface area contributed by atoms with Gasteiger partial charge in [-0.25, -0.2) is 9.50 Å². The van der Waals surface area contributed by atoms with E-state index in [4.69, 9.17) is 4.52 Å². The Bertz CT molecular complexity index is 1230. The Balaban J connectivity index is 1.50. The number of aromatic nitrogens is 7. The zero-order valence-electron chi connectivity index (χ0n) is 15.7. The van der Waals surface area contributed by atoms with E-state index in [0.717, 1.165) is 11.4 Å². The minimum atomic E-state index is -4.47. The van der Waals surface area contributed by atoms with Crippen molar-refractivity contribution in [2.75, 3.05) is 0 Å². The molecule has 0 atom stereocenters. The molecule has 0 aliphatic heterocycles. The zero-order valence-corrected chi connectivity index (χ0v) is 15.7. The van der Waals surface area contributed by atoms with Gasteiger partial charge in [-0.1, -0.05) is 5.16 Å². The summed E-state index contributed by atoms with van der Waals surface area (Å²) in [5.41, 5.74) is 2.96. The normalized spacial score (nSPS) is 14.1. The fourth-order valence-electron chi connectivity index (χ4n) is 3.85. The average molecular weight is 403 g/mol. The minimum Gasteiger partial charge on any atom is -0.337 e. The van der Waals surface area contributed by atoms with Crippen molar-refractivity contribution in [2.24, 2.45) is 0 Å². The third kappa shape index (κ3) is 2.88. The molecule has 1 aliphatic carbocycles. The van der Waals surface area contributed by atoms with Gasteiger partial charge in [0.25, 0.3) is 0 Å². The second-order valence-corrected chi connectivity index (χ2v) is 7.13. The summed E-state index contributed by atoms with van der Waals surface area (Å²) in [6.45, 7) is 3.77. The van der Waals surface area contributed by atoms with Crippen molar-refractivity contribution in [1.82, 2.24) is 34.5 Å². The van der Waals surface area contributed by atoms with Gasteiger partial charge in [0.1, 0.15) is 6.54 Å². The van der Waals surface area contributed by atoms with Crippen LogP contribution in [0.2, 0.25) is 0 Å². The Kier molecular flexibility index (Phi) is 3.77. The summed E-state index contributed by atoms with van der Waals surface area (Å²) < 4.78 is 48.1. The molecule has 5 rings (SSSR count). The van der Waals surface area contributed by atoms with Gasteiger partial charge in [0.2, 0.25) is 11.7 Å². The van der Waals surface area contributed by atoms with Gasteiger partial charge in [-0.05, 0) is 39.2 Å². The molecule has 0 aromatic carbocycles. The van der Waals surface area contributed by atoms with Gasteiger partial charge in [-0.3, -0.25) is 4.68 Å². The smallest absolute Gasteiger partial charge is 0.337 e. The molecule has 0 unspecified atom stereocenters. The maximum atomic E-state index is 13.3. The van der Waals surface area contributed by atoms with Crippen LogP contribution < -0.4 is 0 Å². The van der Waals surface area contributed by atoms with Crippen LogP contribution in [0, 0.1) is 13.8 Å². The maximum Gasteiger partial charge on any atom is 0.435 e. The summed E-state index contributed by atoms with van der Waals surface area (Å²) in [6, 6.07) is 1.90. The first-order chi connectivity index (χ1) is 13.8. The highest BCUT2D eigenvalue weighted by Crippen LogP contribution is 2.36. The number of halogens is 3. The van der Waals surface area contributed by atoms with Crippen LogP contribution in [0.15, 0.2) is 16.8 Å². The number of aryl methyl sites for hydroxylation is 2.